The average molecular weight is 669 g/mol. The third-order valence-corrected chi connectivity index (χ3v) is 10.9. The van der Waals surface area contributed by atoms with Crippen molar-refractivity contribution in [3.05, 3.63) is 150 Å². The molecule has 6 aromatic rings. The second kappa shape index (κ2) is 13.0. The molecule has 5 nitrogen and oxygen atoms in total. The number of benzene rings is 5. The Hall–Kier alpha value is -4.82. The number of thiophene rings is 1. The first-order valence-electron chi connectivity index (χ1n) is 16.1. The highest BCUT2D eigenvalue weighted by Crippen LogP contribution is 2.45. The van der Waals surface area contributed by atoms with Crippen molar-refractivity contribution < 1.29 is 17.5 Å². The molecule has 0 unspecified atom stereocenters. The number of nitrogens with zero attached hydrogens (tertiary/aromatic N) is 2. The molecule has 0 amide bonds. The summed E-state index contributed by atoms with van der Waals surface area (Å²) in [5.74, 6) is -0.384. The summed E-state index contributed by atoms with van der Waals surface area (Å²) >= 11 is 1.73. The number of para-hydroxylation sites is 2. The van der Waals surface area contributed by atoms with Crippen LogP contribution < -0.4 is 4.90 Å². The molecule has 2 heterocycles. The lowest BCUT2D eigenvalue weighted by atomic mass is 9.79. The first-order valence-corrected chi connectivity index (χ1v) is 18.5. The van der Waals surface area contributed by atoms with E-state index >= 15 is 0 Å². The average Bonchev–Trinajstić information content (AvgIpc) is 3.65. The van der Waals surface area contributed by atoms with Gasteiger partial charge in [0, 0.05) is 56.7 Å². The molecule has 0 bridgehead atoms. The van der Waals surface area contributed by atoms with Gasteiger partial charge in [-0.2, -0.15) is 4.58 Å². The van der Waals surface area contributed by atoms with E-state index in [0.29, 0.717) is 6.54 Å². The molecule has 7 heteroatoms. The smallest absolute Gasteiger partial charge is 0.210 e. The number of hydrogen-bond donors (Lipinski definition) is 0. The number of fused-ring (bicyclic) bond motifs is 3. The third-order valence-electron chi connectivity index (χ3n) is 9.00. The van der Waals surface area contributed by atoms with Gasteiger partial charge in [-0.1, -0.05) is 72.8 Å². The zero-order valence-corrected chi connectivity index (χ0v) is 28.5. The van der Waals surface area contributed by atoms with Gasteiger partial charge in [0.2, 0.25) is 5.69 Å². The molecule has 0 aliphatic carbocycles. The Bertz CT molecular complexity index is 2210. The zero-order valence-electron chi connectivity index (χ0n) is 26.9. The maximum atomic E-state index is 11.5. The Labute approximate surface area is 286 Å². The lowest BCUT2D eigenvalue weighted by Crippen LogP contribution is -2.28. The van der Waals surface area contributed by atoms with Gasteiger partial charge in [0.25, 0.3) is 0 Å². The minimum Gasteiger partial charge on any atom is -0.748 e. The third kappa shape index (κ3) is 6.37. The van der Waals surface area contributed by atoms with Crippen molar-refractivity contribution in [1.82, 2.24) is 0 Å². The van der Waals surface area contributed by atoms with Gasteiger partial charge in [-0.15, -0.1) is 11.3 Å². The molecule has 0 radical (unpaired) electrons. The van der Waals surface area contributed by atoms with E-state index in [1.807, 2.05) is 18.2 Å². The standard InChI is InChI=1S/C41H36N2O3S2/c1-41(2)39(42(28-11-29-48(44,45)46)37-25-20-30-12-9-10-17-36(30)40(37)41)27-24-35-23-26-38(47-35)31-18-21-34(22-19-31)43(32-13-5-3-6-14-32)33-15-7-4-8-16-33/h3-10,12-27H,11,28-29H2,1-2H3. The molecular weight excluding hydrogens is 633 g/mol. The van der Waals surface area contributed by atoms with E-state index in [1.54, 1.807) is 11.3 Å². The number of hydrogen-bond acceptors (Lipinski definition) is 5. The van der Waals surface area contributed by atoms with Crippen LogP contribution >= 0.6 is 11.3 Å². The molecule has 5 aromatic carbocycles. The van der Waals surface area contributed by atoms with Gasteiger partial charge in [0.15, 0.2) is 5.71 Å². The van der Waals surface area contributed by atoms with Crippen molar-refractivity contribution in [2.24, 2.45) is 0 Å². The molecule has 1 aliphatic rings. The summed E-state index contributed by atoms with van der Waals surface area (Å²) in [6.07, 6.45) is 4.57. The Morgan fingerprint density at radius 2 is 1.35 bits per heavy atom. The molecule has 7 rings (SSSR count). The van der Waals surface area contributed by atoms with Crippen molar-refractivity contribution in [3.8, 4) is 10.4 Å². The SMILES string of the molecule is CC1(C)C(/C=C/c2ccc(-c3ccc(N(c4ccccc4)c4ccccc4)cc3)s2)=[N+](CCCS(=O)(=O)[O-])c2ccc3ccccc3c21. The lowest BCUT2D eigenvalue weighted by Gasteiger charge is -2.25. The lowest BCUT2D eigenvalue weighted by molar-refractivity contribution is -0.437. The molecular formula is C41H36N2O3S2. The predicted molar refractivity (Wildman–Crippen MR) is 199 cm³/mol. The van der Waals surface area contributed by atoms with E-state index in [1.165, 1.54) is 21.2 Å². The van der Waals surface area contributed by atoms with Gasteiger partial charge < -0.3 is 9.45 Å². The predicted octanol–water partition coefficient (Wildman–Crippen LogP) is 10.1. The summed E-state index contributed by atoms with van der Waals surface area (Å²) in [6, 6.07) is 46.4. The van der Waals surface area contributed by atoms with Crippen LogP contribution in [-0.2, 0) is 15.5 Å². The van der Waals surface area contributed by atoms with Crippen molar-refractivity contribution in [1.29, 1.82) is 0 Å². The van der Waals surface area contributed by atoms with Crippen LogP contribution in [0.3, 0.4) is 0 Å². The van der Waals surface area contributed by atoms with E-state index in [4.69, 9.17) is 0 Å². The monoisotopic (exact) mass is 668 g/mol. The fourth-order valence-corrected chi connectivity index (χ4v) is 8.21. The van der Waals surface area contributed by atoms with E-state index in [-0.39, 0.29) is 17.6 Å². The summed E-state index contributed by atoms with van der Waals surface area (Å²) in [6.45, 7) is 4.89. The fourth-order valence-electron chi connectivity index (χ4n) is 6.81. The van der Waals surface area contributed by atoms with Crippen LogP contribution in [0.2, 0.25) is 0 Å². The van der Waals surface area contributed by atoms with Gasteiger partial charge in [-0.25, -0.2) is 8.42 Å². The van der Waals surface area contributed by atoms with Crippen LogP contribution in [-0.4, -0.2) is 35.6 Å². The number of anilines is 3. The highest BCUT2D eigenvalue weighted by molar-refractivity contribution is 7.85. The molecule has 240 valence electrons. The van der Waals surface area contributed by atoms with E-state index in [2.05, 4.69) is 151 Å². The first-order chi connectivity index (χ1) is 23.2. The summed E-state index contributed by atoms with van der Waals surface area (Å²) in [4.78, 5) is 4.55. The molecule has 0 N–H and O–H groups in total. The molecule has 1 aliphatic heterocycles. The van der Waals surface area contributed by atoms with Gasteiger partial charge in [-0.05, 0) is 90.9 Å². The maximum absolute atomic E-state index is 11.5. The Kier molecular flexibility index (Phi) is 8.60. The molecule has 0 atom stereocenters. The quantitative estimate of drug-likeness (QED) is 0.108. The Balaban J connectivity index is 1.18. The summed E-state index contributed by atoms with van der Waals surface area (Å²) in [5, 5.41) is 2.35. The number of allylic oxidation sites excluding steroid dienone is 1. The van der Waals surface area contributed by atoms with Crippen molar-refractivity contribution in [2.75, 3.05) is 17.2 Å². The van der Waals surface area contributed by atoms with Gasteiger partial charge in [-0.3, -0.25) is 0 Å². The van der Waals surface area contributed by atoms with E-state index in [9.17, 15) is 13.0 Å². The molecule has 48 heavy (non-hydrogen) atoms. The molecule has 0 spiro atoms. The largest absolute Gasteiger partial charge is 0.748 e. The second-order valence-corrected chi connectivity index (χ2v) is 15.2. The van der Waals surface area contributed by atoms with Crippen LogP contribution in [0.15, 0.2) is 140 Å². The molecule has 0 saturated heterocycles. The minimum atomic E-state index is -4.29. The highest BCUT2D eigenvalue weighted by atomic mass is 32.2. The van der Waals surface area contributed by atoms with Crippen molar-refractivity contribution in [2.45, 2.75) is 25.7 Å². The highest BCUT2D eigenvalue weighted by Gasteiger charge is 2.45. The number of rotatable bonds is 10. The van der Waals surface area contributed by atoms with E-state index < -0.39 is 10.1 Å². The normalized spacial score (nSPS) is 14.1. The Morgan fingerprint density at radius 3 is 2.02 bits per heavy atom. The summed E-state index contributed by atoms with van der Waals surface area (Å²) in [7, 11) is -4.29. The summed E-state index contributed by atoms with van der Waals surface area (Å²) in [5.41, 5.74) is 7.48. The topological polar surface area (TPSA) is 63.5 Å². The minimum absolute atomic E-state index is 0.261. The van der Waals surface area contributed by atoms with Crippen LogP contribution in [0, 0.1) is 0 Å². The second-order valence-electron chi connectivity index (χ2n) is 12.5. The maximum Gasteiger partial charge on any atom is 0.210 e. The summed E-state index contributed by atoms with van der Waals surface area (Å²) < 4.78 is 36.5. The van der Waals surface area contributed by atoms with E-state index in [0.717, 1.165) is 38.9 Å². The van der Waals surface area contributed by atoms with Crippen LogP contribution in [0.1, 0.15) is 30.7 Å². The molecule has 1 aromatic heterocycles. The van der Waals surface area contributed by atoms with Crippen molar-refractivity contribution >= 4 is 66.8 Å². The van der Waals surface area contributed by atoms with Gasteiger partial charge in [0.05, 0.1) is 15.5 Å². The van der Waals surface area contributed by atoms with Crippen LogP contribution in [0.25, 0.3) is 27.3 Å². The van der Waals surface area contributed by atoms with Gasteiger partial charge in [0.1, 0.15) is 6.54 Å². The Morgan fingerprint density at radius 1 is 0.729 bits per heavy atom. The first kappa shape index (κ1) is 31.8. The fraction of sp³-hybridized carbons (Fsp3) is 0.146. The van der Waals surface area contributed by atoms with Gasteiger partial charge >= 0.3 is 0 Å². The zero-order chi connectivity index (χ0) is 33.3. The molecule has 0 saturated carbocycles. The van der Waals surface area contributed by atoms with Crippen molar-refractivity contribution in [3.63, 3.8) is 0 Å². The molecule has 0 fully saturated rings. The van der Waals surface area contributed by atoms with Crippen LogP contribution in [0.5, 0.6) is 0 Å². The van der Waals surface area contributed by atoms with Crippen LogP contribution in [0.4, 0.5) is 22.7 Å².